The lowest BCUT2D eigenvalue weighted by molar-refractivity contribution is 0.102. The van der Waals surface area contributed by atoms with Crippen molar-refractivity contribution in [1.82, 2.24) is 4.98 Å². The molecule has 0 fully saturated rings. The molecule has 3 aromatic rings. The second-order valence-corrected chi connectivity index (χ2v) is 4.96. The smallest absolute Gasteiger partial charge is 0.257 e. The summed E-state index contributed by atoms with van der Waals surface area (Å²) in [4.78, 5) is 16.0. The first kappa shape index (κ1) is 11.8. The number of aromatic nitrogens is 1. The van der Waals surface area contributed by atoms with E-state index in [2.05, 4.69) is 10.3 Å². The first-order chi connectivity index (χ1) is 9.24. The molecule has 0 radical (unpaired) electrons. The third kappa shape index (κ3) is 2.32. The third-order valence-electron chi connectivity index (χ3n) is 2.63. The number of benzene rings is 2. The molecule has 1 N–H and O–H groups in total. The molecule has 3 rings (SSSR count). The van der Waals surface area contributed by atoms with Crippen molar-refractivity contribution in [1.29, 1.82) is 0 Å². The Hall–Kier alpha value is -2.27. The molecule has 0 saturated heterocycles. The first-order valence-electron chi connectivity index (χ1n) is 5.65. The van der Waals surface area contributed by atoms with E-state index >= 15 is 0 Å². The van der Waals surface area contributed by atoms with E-state index < -0.39 is 0 Å². The van der Waals surface area contributed by atoms with Crippen LogP contribution in [0.15, 0.2) is 48.5 Å². The summed E-state index contributed by atoms with van der Waals surface area (Å²) >= 11 is 1.25. The van der Waals surface area contributed by atoms with E-state index in [0.29, 0.717) is 15.4 Å². The van der Waals surface area contributed by atoms with E-state index in [-0.39, 0.29) is 17.2 Å². The number of thiazole rings is 1. The fourth-order valence-corrected chi connectivity index (χ4v) is 2.60. The maximum Gasteiger partial charge on any atom is 0.257 e. The van der Waals surface area contributed by atoms with Gasteiger partial charge in [-0.3, -0.25) is 10.1 Å². The SMILES string of the molecule is O=C(Nc1nc2c(F)cccc2s1)c1ccccc1. The first-order valence-corrected chi connectivity index (χ1v) is 6.47. The van der Waals surface area contributed by atoms with Crippen LogP contribution in [0.4, 0.5) is 9.52 Å². The van der Waals surface area contributed by atoms with Crippen LogP contribution in [0, 0.1) is 5.82 Å². The molecule has 0 spiro atoms. The van der Waals surface area contributed by atoms with Crippen LogP contribution in [-0.4, -0.2) is 10.9 Å². The van der Waals surface area contributed by atoms with Gasteiger partial charge < -0.3 is 0 Å². The number of anilines is 1. The number of hydrogen-bond acceptors (Lipinski definition) is 3. The van der Waals surface area contributed by atoms with Gasteiger partial charge in [0.15, 0.2) is 5.13 Å². The number of nitrogens with zero attached hydrogens (tertiary/aromatic N) is 1. The Labute approximate surface area is 112 Å². The van der Waals surface area contributed by atoms with E-state index in [1.807, 2.05) is 6.07 Å². The number of rotatable bonds is 2. The minimum Gasteiger partial charge on any atom is -0.298 e. The molecule has 0 saturated carbocycles. The summed E-state index contributed by atoms with van der Waals surface area (Å²) in [6, 6.07) is 13.6. The van der Waals surface area contributed by atoms with Gasteiger partial charge in [0.1, 0.15) is 11.3 Å². The van der Waals surface area contributed by atoms with Gasteiger partial charge in [-0.15, -0.1) is 0 Å². The summed E-state index contributed by atoms with van der Waals surface area (Å²) in [5, 5.41) is 3.07. The van der Waals surface area contributed by atoms with E-state index in [1.54, 1.807) is 36.4 Å². The van der Waals surface area contributed by atoms with Crippen LogP contribution in [0.3, 0.4) is 0 Å². The van der Waals surface area contributed by atoms with Gasteiger partial charge in [0.05, 0.1) is 4.70 Å². The number of fused-ring (bicyclic) bond motifs is 1. The van der Waals surface area contributed by atoms with Gasteiger partial charge in [-0.25, -0.2) is 9.37 Å². The van der Waals surface area contributed by atoms with Crippen molar-refractivity contribution in [2.45, 2.75) is 0 Å². The van der Waals surface area contributed by atoms with Crippen LogP contribution in [0.1, 0.15) is 10.4 Å². The van der Waals surface area contributed by atoms with Crippen LogP contribution in [0.5, 0.6) is 0 Å². The Morgan fingerprint density at radius 1 is 1.11 bits per heavy atom. The maximum absolute atomic E-state index is 13.5. The molecule has 0 atom stereocenters. The summed E-state index contributed by atoms with van der Waals surface area (Å²) in [6.45, 7) is 0. The van der Waals surface area contributed by atoms with Crippen LogP contribution in [0.25, 0.3) is 10.2 Å². The molecule has 19 heavy (non-hydrogen) atoms. The Bertz CT molecular complexity index is 740. The number of carbonyl (C=O) groups excluding carboxylic acids is 1. The van der Waals surface area contributed by atoms with Crippen LogP contribution < -0.4 is 5.32 Å². The van der Waals surface area contributed by atoms with Crippen molar-refractivity contribution in [2.24, 2.45) is 0 Å². The van der Waals surface area contributed by atoms with Gasteiger partial charge in [-0.1, -0.05) is 35.6 Å². The number of halogens is 1. The highest BCUT2D eigenvalue weighted by atomic mass is 32.1. The molecule has 1 heterocycles. The lowest BCUT2D eigenvalue weighted by atomic mass is 10.2. The Morgan fingerprint density at radius 2 is 1.89 bits per heavy atom. The van der Waals surface area contributed by atoms with Crippen LogP contribution >= 0.6 is 11.3 Å². The van der Waals surface area contributed by atoms with Gasteiger partial charge >= 0.3 is 0 Å². The Morgan fingerprint density at radius 3 is 2.63 bits per heavy atom. The zero-order chi connectivity index (χ0) is 13.2. The quantitative estimate of drug-likeness (QED) is 0.773. The third-order valence-corrected chi connectivity index (χ3v) is 3.56. The van der Waals surface area contributed by atoms with Gasteiger partial charge in [-0.05, 0) is 24.3 Å². The fourth-order valence-electron chi connectivity index (χ4n) is 1.73. The van der Waals surface area contributed by atoms with Crippen molar-refractivity contribution in [2.75, 3.05) is 5.32 Å². The van der Waals surface area contributed by atoms with Crippen molar-refractivity contribution >= 4 is 32.6 Å². The zero-order valence-corrected chi connectivity index (χ0v) is 10.6. The van der Waals surface area contributed by atoms with Crippen LogP contribution in [-0.2, 0) is 0 Å². The monoisotopic (exact) mass is 272 g/mol. The molecule has 0 bridgehead atoms. The summed E-state index contributed by atoms with van der Waals surface area (Å²) < 4.78 is 14.2. The van der Waals surface area contributed by atoms with Gasteiger partial charge in [0.2, 0.25) is 0 Å². The average molecular weight is 272 g/mol. The largest absolute Gasteiger partial charge is 0.298 e. The minimum atomic E-state index is -0.381. The number of hydrogen-bond donors (Lipinski definition) is 1. The van der Waals surface area contributed by atoms with E-state index in [9.17, 15) is 9.18 Å². The van der Waals surface area contributed by atoms with E-state index in [1.165, 1.54) is 17.4 Å². The second-order valence-electron chi connectivity index (χ2n) is 3.93. The molecule has 2 aromatic carbocycles. The predicted molar refractivity (Wildman–Crippen MR) is 74.0 cm³/mol. The maximum atomic E-state index is 13.5. The summed E-state index contributed by atoms with van der Waals surface area (Å²) in [7, 11) is 0. The highest BCUT2D eigenvalue weighted by molar-refractivity contribution is 7.22. The number of carbonyl (C=O) groups is 1. The molecule has 1 amide bonds. The summed E-state index contributed by atoms with van der Waals surface area (Å²) in [5.41, 5.74) is 0.832. The predicted octanol–water partition coefficient (Wildman–Crippen LogP) is 3.69. The van der Waals surface area contributed by atoms with Gasteiger partial charge in [-0.2, -0.15) is 0 Å². The molecule has 0 aliphatic rings. The average Bonchev–Trinajstić information content (AvgIpc) is 2.84. The number of nitrogens with one attached hydrogen (secondary N) is 1. The van der Waals surface area contributed by atoms with Gasteiger partial charge in [0.25, 0.3) is 5.91 Å². The fraction of sp³-hybridized carbons (Fsp3) is 0. The molecule has 0 unspecified atom stereocenters. The standard InChI is InChI=1S/C14H9FN2OS/c15-10-7-4-8-11-12(10)16-14(19-11)17-13(18)9-5-2-1-3-6-9/h1-8H,(H,16,17,18). The molecule has 0 aliphatic carbocycles. The molecule has 3 nitrogen and oxygen atoms in total. The normalized spacial score (nSPS) is 10.6. The number of amides is 1. The Kier molecular flexibility index (Phi) is 2.97. The highest BCUT2D eigenvalue weighted by Gasteiger charge is 2.11. The molecule has 0 aliphatic heterocycles. The van der Waals surface area contributed by atoms with Crippen molar-refractivity contribution < 1.29 is 9.18 Å². The Balaban J connectivity index is 1.90. The second kappa shape index (κ2) is 4.78. The van der Waals surface area contributed by atoms with Crippen molar-refractivity contribution in [3.63, 3.8) is 0 Å². The molecular weight excluding hydrogens is 263 g/mol. The molecular formula is C14H9FN2OS. The summed E-state index contributed by atoms with van der Waals surface area (Å²) in [5.74, 6) is -0.631. The van der Waals surface area contributed by atoms with E-state index in [4.69, 9.17) is 0 Å². The number of para-hydroxylation sites is 1. The topological polar surface area (TPSA) is 42.0 Å². The van der Waals surface area contributed by atoms with Crippen molar-refractivity contribution in [3.05, 3.63) is 59.9 Å². The lowest BCUT2D eigenvalue weighted by Gasteiger charge is -2.00. The minimum absolute atomic E-state index is 0.250. The zero-order valence-electron chi connectivity index (χ0n) is 9.76. The molecule has 94 valence electrons. The van der Waals surface area contributed by atoms with Crippen LogP contribution in [0.2, 0.25) is 0 Å². The lowest BCUT2D eigenvalue weighted by Crippen LogP contribution is -2.11. The molecule has 1 aromatic heterocycles. The van der Waals surface area contributed by atoms with Gasteiger partial charge in [0, 0.05) is 5.56 Å². The summed E-state index contributed by atoms with van der Waals surface area (Å²) in [6.07, 6.45) is 0. The molecule has 5 heteroatoms. The van der Waals surface area contributed by atoms with E-state index in [0.717, 1.165) is 0 Å². The van der Waals surface area contributed by atoms with Crippen molar-refractivity contribution in [3.8, 4) is 0 Å². The highest BCUT2D eigenvalue weighted by Crippen LogP contribution is 2.27.